The van der Waals surface area contributed by atoms with Gasteiger partial charge in [0.05, 0.1) is 6.07 Å². The van der Waals surface area contributed by atoms with Crippen LogP contribution in [0.4, 0.5) is 0 Å². The molecule has 4 fully saturated rings. The highest BCUT2D eigenvalue weighted by molar-refractivity contribution is 9.09. The number of alkyl halides is 1. The van der Waals surface area contributed by atoms with Crippen molar-refractivity contribution in [3.8, 4) is 6.07 Å². The highest BCUT2D eigenvalue weighted by atomic mass is 79.9. The number of nitriles is 1. The smallest absolute Gasteiger partial charge is 0.316 e. The van der Waals surface area contributed by atoms with Crippen LogP contribution in [0.1, 0.15) is 71.6 Å². The predicted molar refractivity (Wildman–Crippen MR) is 121 cm³/mol. The molecule has 4 heteroatoms. The van der Waals surface area contributed by atoms with Gasteiger partial charge in [0.25, 0.3) is 0 Å². The van der Waals surface area contributed by atoms with Gasteiger partial charge < -0.3 is 4.74 Å². The molecule has 30 heavy (non-hydrogen) atoms. The van der Waals surface area contributed by atoms with Crippen LogP contribution in [0.5, 0.6) is 0 Å². The number of hydrogen-bond acceptors (Lipinski definition) is 3. The molecule has 5 rings (SSSR count). The van der Waals surface area contributed by atoms with Crippen LogP contribution in [0.15, 0.2) is 23.3 Å². The van der Waals surface area contributed by atoms with Gasteiger partial charge in [-0.05, 0) is 104 Å². The second-order valence-electron chi connectivity index (χ2n) is 11.2. The van der Waals surface area contributed by atoms with Crippen molar-refractivity contribution < 1.29 is 9.53 Å². The first-order chi connectivity index (χ1) is 14.4. The lowest BCUT2D eigenvalue weighted by molar-refractivity contribution is -0.158. The molecule has 5 aliphatic rings. The van der Waals surface area contributed by atoms with Gasteiger partial charge in [-0.2, -0.15) is 5.26 Å². The van der Waals surface area contributed by atoms with E-state index in [1.54, 1.807) is 5.57 Å². The molecule has 0 aliphatic heterocycles. The number of esters is 1. The van der Waals surface area contributed by atoms with Crippen LogP contribution in [0.3, 0.4) is 0 Å². The first-order valence-electron chi connectivity index (χ1n) is 12.0. The average molecular weight is 472 g/mol. The van der Waals surface area contributed by atoms with Gasteiger partial charge in [-0.25, -0.2) is 0 Å². The van der Waals surface area contributed by atoms with Crippen LogP contribution < -0.4 is 0 Å². The van der Waals surface area contributed by atoms with E-state index in [0.717, 1.165) is 42.6 Å². The fourth-order valence-electron chi connectivity index (χ4n) is 8.68. The highest BCUT2D eigenvalue weighted by Gasteiger charge is 2.60. The van der Waals surface area contributed by atoms with Gasteiger partial charge in [0, 0.05) is 5.57 Å². The molecule has 3 nitrogen and oxygen atoms in total. The van der Waals surface area contributed by atoms with E-state index < -0.39 is 0 Å². The zero-order valence-electron chi connectivity index (χ0n) is 18.3. The third-order valence-electron chi connectivity index (χ3n) is 10.1. The summed E-state index contributed by atoms with van der Waals surface area (Å²) in [7, 11) is 0. The van der Waals surface area contributed by atoms with Crippen LogP contribution in [-0.2, 0) is 9.53 Å². The van der Waals surface area contributed by atoms with E-state index in [4.69, 9.17) is 4.74 Å². The molecule has 0 heterocycles. The van der Waals surface area contributed by atoms with Crippen LogP contribution in [0.25, 0.3) is 0 Å². The minimum atomic E-state index is -0.113. The van der Waals surface area contributed by atoms with Gasteiger partial charge in [-0.3, -0.25) is 4.79 Å². The first kappa shape index (κ1) is 20.8. The highest BCUT2D eigenvalue weighted by Crippen LogP contribution is 2.69. The number of ether oxygens (including phenoxy) is 1. The van der Waals surface area contributed by atoms with Crippen molar-refractivity contribution in [2.75, 3.05) is 5.33 Å². The molecule has 0 radical (unpaired) electrons. The first-order valence-corrected chi connectivity index (χ1v) is 13.1. The Bertz CT molecular complexity index is 840. The number of nitrogens with zero attached hydrogens (tertiary/aromatic N) is 1. The largest absolute Gasteiger partial charge is 0.462 e. The Labute approximate surface area is 189 Å². The Balaban J connectivity index is 1.35. The summed E-state index contributed by atoms with van der Waals surface area (Å²) in [6.07, 6.45) is 15.4. The third-order valence-corrected chi connectivity index (χ3v) is 10.6. The molecule has 0 aromatic heterocycles. The monoisotopic (exact) mass is 471 g/mol. The lowest BCUT2D eigenvalue weighted by atomic mass is 9.45. The van der Waals surface area contributed by atoms with Gasteiger partial charge in [-0.15, -0.1) is 0 Å². The maximum absolute atomic E-state index is 11.8. The average Bonchev–Trinajstić information content (AvgIpc) is 3.05. The molecule has 0 N–H and O–H groups in total. The fourth-order valence-corrected chi connectivity index (χ4v) is 8.82. The Kier molecular flexibility index (Phi) is 5.20. The Morgan fingerprint density at radius 1 is 1.17 bits per heavy atom. The molecule has 8 unspecified atom stereocenters. The summed E-state index contributed by atoms with van der Waals surface area (Å²) >= 11 is 3.23. The minimum absolute atomic E-state index is 0.113. The topological polar surface area (TPSA) is 50.1 Å². The summed E-state index contributed by atoms with van der Waals surface area (Å²) in [5.41, 5.74) is 3.37. The molecule has 5 aliphatic carbocycles. The Morgan fingerprint density at radius 3 is 2.77 bits per heavy atom. The van der Waals surface area contributed by atoms with Gasteiger partial charge >= 0.3 is 5.97 Å². The van der Waals surface area contributed by atoms with Gasteiger partial charge in [0.1, 0.15) is 11.4 Å². The zero-order chi connectivity index (χ0) is 21.1. The van der Waals surface area contributed by atoms with Crippen molar-refractivity contribution in [3.63, 3.8) is 0 Å². The zero-order valence-corrected chi connectivity index (χ0v) is 19.9. The number of allylic oxidation sites excluding steroid dienone is 4. The molecule has 0 spiro atoms. The standard InChI is InChI=1S/C26H34BrNO2/c1-25-9-7-19(30-24(29)14-27)13-18(25)4-5-20-22(25)8-10-26(2)21-6-3-16(15-28)11-17(21)12-23(20)26/h3,6,17-20,22-23H,4-5,7-14H2,1-2H3. The normalized spacial score (nSPS) is 46.9. The minimum Gasteiger partial charge on any atom is -0.462 e. The molecule has 0 aromatic rings. The van der Waals surface area contributed by atoms with Crippen LogP contribution in [-0.4, -0.2) is 17.4 Å². The maximum atomic E-state index is 11.8. The molecular weight excluding hydrogens is 438 g/mol. The molecule has 0 bridgehead atoms. The molecule has 8 atom stereocenters. The number of hydrogen-bond donors (Lipinski definition) is 0. The van der Waals surface area contributed by atoms with E-state index in [1.165, 1.54) is 38.5 Å². The number of carbonyl (C=O) groups excluding carboxylic acids is 1. The quantitative estimate of drug-likeness (QED) is 0.348. The molecule has 0 amide bonds. The summed E-state index contributed by atoms with van der Waals surface area (Å²) in [6, 6.07) is 2.41. The lowest BCUT2D eigenvalue weighted by Gasteiger charge is -2.60. The summed E-state index contributed by atoms with van der Waals surface area (Å²) < 4.78 is 5.72. The van der Waals surface area contributed by atoms with Crippen LogP contribution in [0.2, 0.25) is 0 Å². The number of rotatable bonds is 2. The number of halogens is 1. The lowest BCUT2D eigenvalue weighted by Crippen LogP contribution is -2.53. The van der Waals surface area contributed by atoms with Crippen molar-refractivity contribution >= 4 is 21.9 Å². The van der Waals surface area contributed by atoms with E-state index in [0.29, 0.717) is 28.0 Å². The number of fused-ring (bicyclic) bond motifs is 7. The Hall–Kier alpha value is -1.08. The van der Waals surface area contributed by atoms with Crippen molar-refractivity contribution in [1.82, 2.24) is 0 Å². The Morgan fingerprint density at radius 2 is 2.00 bits per heavy atom. The van der Waals surface area contributed by atoms with E-state index >= 15 is 0 Å². The van der Waals surface area contributed by atoms with Crippen molar-refractivity contribution in [2.24, 2.45) is 40.4 Å². The summed E-state index contributed by atoms with van der Waals surface area (Å²) in [4.78, 5) is 11.8. The van der Waals surface area contributed by atoms with E-state index in [2.05, 4.69) is 48.0 Å². The SMILES string of the molecule is CC12CCC3C(CCC4CC(OC(=O)CBr)CCC43C)C1CC1CC(C#N)=CC=C12. The third kappa shape index (κ3) is 3.06. The summed E-state index contributed by atoms with van der Waals surface area (Å²) in [5, 5.41) is 9.70. The van der Waals surface area contributed by atoms with E-state index in [-0.39, 0.29) is 12.1 Å². The molecule has 162 valence electrons. The van der Waals surface area contributed by atoms with Gasteiger partial charge in [0.2, 0.25) is 0 Å². The van der Waals surface area contributed by atoms with Crippen LogP contribution in [0, 0.1) is 51.8 Å². The fraction of sp³-hybridized carbons (Fsp3) is 0.769. The second kappa shape index (κ2) is 7.51. The van der Waals surface area contributed by atoms with Crippen molar-refractivity contribution in [3.05, 3.63) is 23.3 Å². The molecule has 4 saturated carbocycles. The van der Waals surface area contributed by atoms with E-state index in [1.807, 2.05) is 0 Å². The van der Waals surface area contributed by atoms with Crippen molar-refractivity contribution in [1.29, 1.82) is 5.26 Å². The maximum Gasteiger partial charge on any atom is 0.316 e. The van der Waals surface area contributed by atoms with E-state index in [9.17, 15) is 10.1 Å². The molecule has 0 aromatic carbocycles. The van der Waals surface area contributed by atoms with Crippen LogP contribution >= 0.6 is 15.9 Å². The molecule has 0 saturated heterocycles. The van der Waals surface area contributed by atoms with Gasteiger partial charge in [0.15, 0.2) is 0 Å². The summed E-state index contributed by atoms with van der Waals surface area (Å²) in [5.74, 6) is 3.59. The molecular formula is C26H34BrNO2. The number of carbonyl (C=O) groups is 1. The predicted octanol–water partition coefficient (Wildman–Crippen LogP) is 6.34. The second-order valence-corrected chi connectivity index (χ2v) is 11.8. The van der Waals surface area contributed by atoms with Gasteiger partial charge in [-0.1, -0.05) is 41.4 Å². The van der Waals surface area contributed by atoms with Crippen molar-refractivity contribution in [2.45, 2.75) is 77.7 Å². The summed E-state index contributed by atoms with van der Waals surface area (Å²) in [6.45, 7) is 5.10.